The van der Waals surface area contributed by atoms with Crippen LogP contribution in [0.5, 0.6) is 0 Å². The normalized spacial score (nSPS) is 17.3. The smallest absolute Gasteiger partial charge is 0.418 e. The van der Waals surface area contributed by atoms with E-state index in [0.29, 0.717) is 25.1 Å². The third kappa shape index (κ3) is 3.34. The fourth-order valence-corrected chi connectivity index (χ4v) is 4.27. The van der Waals surface area contributed by atoms with Gasteiger partial charge in [-0.15, -0.1) is 0 Å². The number of aromatic nitrogens is 1. The molecule has 7 heteroatoms. The van der Waals surface area contributed by atoms with Gasteiger partial charge in [0.25, 0.3) is 0 Å². The van der Waals surface area contributed by atoms with Crippen LogP contribution in [-0.2, 0) is 17.6 Å². The number of carbonyl (C=O) groups excluding carboxylic acids is 2. The first kappa shape index (κ1) is 20.1. The quantitative estimate of drug-likeness (QED) is 0.702. The predicted molar refractivity (Wildman–Crippen MR) is 110 cm³/mol. The number of benzene rings is 1. The van der Waals surface area contributed by atoms with Crippen LogP contribution in [0.25, 0.3) is 6.08 Å². The Morgan fingerprint density at radius 2 is 1.97 bits per heavy atom. The third-order valence-electron chi connectivity index (χ3n) is 5.54. The number of Topliss-reactive ketones (excluding diaryl/α,β-unsaturated/α-hetero) is 1. The maximum absolute atomic E-state index is 13.7. The first-order chi connectivity index (χ1) is 14.4. The van der Waals surface area contributed by atoms with Gasteiger partial charge in [0.2, 0.25) is 0 Å². The lowest BCUT2D eigenvalue weighted by molar-refractivity contribution is 0.0917. The second-order valence-corrected chi connectivity index (χ2v) is 7.46. The Bertz CT molecular complexity index is 1080. The lowest BCUT2D eigenvalue weighted by atomic mass is 9.89. The number of rotatable bonds is 3. The highest BCUT2D eigenvalue weighted by atomic mass is 19.2. The van der Waals surface area contributed by atoms with Crippen molar-refractivity contribution < 1.29 is 23.1 Å². The van der Waals surface area contributed by atoms with E-state index in [0.717, 1.165) is 29.1 Å². The highest BCUT2D eigenvalue weighted by molar-refractivity contribution is 5.99. The number of hydrogen-bond acceptors (Lipinski definition) is 4. The number of carbonyl (C=O) groups is 2. The van der Waals surface area contributed by atoms with Gasteiger partial charge < -0.3 is 9.64 Å². The molecule has 1 atom stereocenters. The Labute approximate surface area is 173 Å². The zero-order chi connectivity index (χ0) is 21.4. The molecule has 0 N–H and O–H groups in total. The Kier molecular flexibility index (Phi) is 5.28. The predicted octanol–water partition coefficient (Wildman–Crippen LogP) is 4.39. The standard InChI is InChI=1S/C23H22F2N2O3/c1-3-30-23(29)27-19-8-6-4-5-7-16(19)21-20(27)12-15(13-26(21)2)22(28)14-9-10-17(24)18(25)11-14/h4-7,9-11,15H,3,8,12-13H2,1-2H3. The zero-order valence-electron chi connectivity index (χ0n) is 16.8. The highest BCUT2D eigenvalue weighted by Crippen LogP contribution is 2.39. The molecule has 0 saturated carbocycles. The third-order valence-corrected chi connectivity index (χ3v) is 5.54. The van der Waals surface area contributed by atoms with Gasteiger partial charge in [0, 0.05) is 49.2 Å². The molecule has 1 aromatic heterocycles. The van der Waals surface area contributed by atoms with Crippen LogP contribution < -0.4 is 4.90 Å². The number of halogens is 2. The van der Waals surface area contributed by atoms with Crippen molar-refractivity contribution in [1.82, 2.24) is 4.57 Å². The van der Waals surface area contributed by atoms with Gasteiger partial charge in [-0.1, -0.05) is 24.3 Å². The van der Waals surface area contributed by atoms with Crippen molar-refractivity contribution in [3.8, 4) is 0 Å². The molecule has 1 aromatic carbocycles. The van der Waals surface area contributed by atoms with Crippen molar-refractivity contribution in [2.24, 2.45) is 5.92 Å². The molecule has 156 valence electrons. The van der Waals surface area contributed by atoms with Gasteiger partial charge in [0.05, 0.1) is 18.0 Å². The van der Waals surface area contributed by atoms with Gasteiger partial charge in [-0.2, -0.15) is 0 Å². The number of ketones is 1. The molecule has 2 aliphatic rings. The number of hydrogen-bond donors (Lipinski definition) is 0. The van der Waals surface area contributed by atoms with Crippen molar-refractivity contribution in [3.63, 3.8) is 0 Å². The number of nitrogens with zero attached hydrogens (tertiary/aromatic N) is 2. The maximum Gasteiger partial charge on any atom is 0.418 e. The minimum Gasteiger partial charge on any atom is -0.449 e. The first-order valence-corrected chi connectivity index (χ1v) is 9.89. The molecule has 0 saturated heterocycles. The average molecular weight is 412 g/mol. The van der Waals surface area contributed by atoms with Gasteiger partial charge in [-0.25, -0.2) is 13.6 Å². The van der Waals surface area contributed by atoms with E-state index in [4.69, 9.17) is 4.74 Å². The molecule has 0 bridgehead atoms. The van der Waals surface area contributed by atoms with E-state index in [-0.39, 0.29) is 18.0 Å². The average Bonchev–Trinajstić information content (AvgIpc) is 2.85. The van der Waals surface area contributed by atoms with E-state index in [2.05, 4.69) is 0 Å². The molecule has 2 aromatic rings. The van der Waals surface area contributed by atoms with Crippen molar-refractivity contribution in [3.05, 3.63) is 70.6 Å². The number of fused-ring (bicyclic) bond motifs is 3. The summed E-state index contributed by atoms with van der Waals surface area (Å²) in [6.45, 7) is 2.39. The van der Waals surface area contributed by atoms with Crippen LogP contribution in [0.4, 0.5) is 19.3 Å². The van der Waals surface area contributed by atoms with Gasteiger partial charge >= 0.3 is 6.09 Å². The summed E-state index contributed by atoms with van der Waals surface area (Å²) in [5, 5.41) is 0. The first-order valence-electron chi connectivity index (χ1n) is 9.89. The molecular formula is C23H22F2N2O3. The largest absolute Gasteiger partial charge is 0.449 e. The Balaban J connectivity index is 1.77. The fraction of sp³-hybridized carbons (Fsp3) is 0.304. The summed E-state index contributed by atoms with van der Waals surface area (Å²) in [7, 11) is 1.87. The summed E-state index contributed by atoms with van der Waals surface area (Å²) >= 11 is 0. The fourth-order valence-electron chi connectivity index (χ4n) is 4.27. The lowest BCUT2D eigenvalue weighted by Crippen LogP contribution is -2.38. The molecule has 0 radical (unpaired) electrons. The topological polar surface area (TPSA) is 51.5 Å². The second kappa shape index (κ2) is 7.89. The SMILES string of the molecule is CCOC(=O)n1c2c(c3c1CC(C(=O)c1ccc(F)c(F)c1)CN3C)C=CC=CC2. The molecule has 2 heterocycles. The Morgan fingerprint density at radius 1 is 1.17 bits per heavy atom. The summed E-state index contributed by atoms with van der Waals surface area (Å²) in [6.07, 6.45) is 8.17. The molecule has 1 aliphatic heterocycles. The minimum atomic E-state index is -1.05. The van der Waals surface area contributed by atoms with Crippen molar-refractivity contribution in [2.75, 3.05) is 25.1 Å². The minimum absolute atomic E-state index is 0.120. The van der Waals surface area contributed by atoms with Gasteiger partial charge in [-0.05, 0) is 25.1 Å². The summed E-state index contributed by atoms with van der Waals surface area (Å²) in [6, 6.07) is 3.19. The van der Waals surface area contributed by atoms with Crippen molar-refractivity contribution in [2.45, 2.75) is 19.8 Å². The Hall–Kier alpha value is -3.22. The van der Waals surface area contributed by atoms with E-state index in [1.54, 1.807) is 11.5 Å². The Morgan fingerprint density at radius 3 is 2.70 bits per heavy atom. The van der Waals surface area contributed by atoms with E-state index in [1.807, 2.05) is 36.3 Å². The van der Waals surface area contributed by atoms with E-state index in [9.17, 15) is 18.4 Å². The molecule has 30 heavy (non-hydrogen) atoms. The van der Waals surface area contributed by atoms with E-state index < -0.39 is 23.6 Å². The van der Waals surface area contributed by atoms with Crippen molar-refractivity contribution >= 4 is 23.6 Å². The molecule has 1 aliphatic carbocycles. The molecular weight excluding hydrogens is 390 g/mol. The van der Waals surface area contributed by atoms with Gasteiger partial charge in [0.1, 0.15) is 0 Å². The van der Waals surface area contributed by atoms with Gasteiger partial charge in [-0.3, -0.25) is 9.36 Å². The maximum atomic E-state index is 13.7. The summed E-state index contributed by atoms with van der Waals surface area (Å²) < 4.78 is 33.8. The van der Waals surface area contributed by atoms with E-state index >= 15 is 0 Å². The van der Waals surface area contributed by atoms with E-state index in [1.165, 1.54) is 6.07 Å². The van der Waals surface area contributed by atoms with Crippen LogP contribution in [0.1, 0.15) is 34.2 Å². The molecule has 1 unspecified atom stereocenters. The lowest BCUT2D eigenvalue weighted by Gasteiger charge is -2.32. The van der Waals surface area contributed by atoms with Crippen LogP contribution in [0.15, 0.2) is 36.4 Å². The van der Waals surface area contributed by atoms with Crippen LogP contribution in [0.2, 0.25) is 0 Å². The van der Waals surface area contributed by atoms with Crippen molar-refractivity contribution in [1.29, 1.82) is 0 Å². The summed E-state index contributed by atoms with van der Waals surface area (Å²) in [5.74, 6) is -2.83. The van der Waals surface area contributed by atoms with Gasteiger partial charge in [0.15, 0.2) is 17.4 Å². The molecule has 0 fully saturated rings. The van der Waals surface area contributed by atoms with Crippen LogP contribution in [0.3, 0.4) is 0 Å². The highest BCUT2D eigenvalue weighted by Gasteiger charge is 2.36. The molecule has 0 spiro atoms. The van der Waals surface area contributed by atoms with Crippen LogP contribution in [-0.4, -0.2) is 36.6 Å². The zero-order valence-corrected chi connectivity index (χ0v) is 16.8. The van der Waals surface area contributed by atoms with Crippen LogP contribution in [0, 0.1) is 17.6 Å². The second-order valence-electron chi connectivity index (χ2n) is 7.46. The molecule has 4 rings (SSSR count). The number of anilines is 1. The molecule has 5 nitrogen and oxygen atoms in total. The summed E-state index contributed by atoms with van der Waals surface area (Å²) in [4.78, 5) is 27.8. The monoisotopic (exact) mass is 412 g/mol. The number of allylic oxidation sites excluding steroid dienone is 3. The molecule has 0 amide bonds. The summed E-state index contributed by atoms with van der Waals surface area (Å²) in [5.41, 5.74) is 3.47. The van der Waals surface area contributed by atoms with Crippen LogP contribution >= 0.6 is 0 Å². The number of ether oxygens (including phenoxy) is 1.